The summed E-state index contributed by atoms with van der Waals surface area (Å²) in [6.45, 7) is 0.591. The molecule has 0 spiro atoms. The highest BCUT2D eigenvalue weighted by Crippen LogP contribution is 2.24. The Balaban J connectivity index is 1.61. The van der Waals surface area contributed by atoms with Crippen LogP contribution in [0.4, 0.5) is 5.69 Å². The minimum atomic E-state index is -0.337. The van der Waals surface area contributed by atoms with Crippen LogP contribution in [0, 0.1) is 17.2 Å². The van der Waals surface area contributed by atoms with Gasteiger partial charge in [0.05, 0.1) is 23.4 Å². The molecule has 1 fully saturated rings. The van der Waals surface area contributed by atoms with Crippen LogP contribution in [0.5, 0.6) is 0 Å². The Kier molecular flexibility index (Phi) is 4.40. The Morgan fingerprint density at radius 3 is 2.79 bits per heavy atom. The third-order valence-electron chi connectivity index (χ3n) is 3.68. The van der Waals surface area contributed by atoms with Crippen molar-refractivity contribution in [1.82, 2.24) is 14.9 Å². The highest BCUT2D eigenvalue weighted by Gasteiger charge is 2.36. The Hall–Kier alpha value is -2.98. The van der Waals surface area contributed by atoms with Gasteiger partial charge in [0.25, 0.3) is 5.91 Å². The first-order valence-electron chi connectivity index (χ1n) is 7.14. The molecule has 3 rings (SSSR count). The number of nitrogens with one attached hydrogen (secondary N) is 1. The van der Waals surface area contributed by atoms with E-state index in [-0.39, 0.29) is 23.4 Å². The number of hydrogen-bond donors (Lipinski definition) is 1. The standard InChI is InChI=1S/C16H12ClN5O2/c17-12-2-1-10(6-18)13(5-12)21-15(23)11-8-22(9-11)16(24)14-7-19-3-4-20-14/h1-5,7,11H,8-9H2,(H,21,23). The van der Waals surface area contributed by atoms with E-state index in [4.69, 9.17) is 16.9 Å². The molecule has 2 aromatic rings. The van der Waals surface area contributed by atoms with Gasteiger partial charge in [0.1, 0.15) is 11.8 Å². The second kappa shape index (κ2) is 6.64. The quantitative estimate of drug-likeness (QED) is 0.916. The molecule has 24 heavy (non-hydrogen) atoms. The van der Waals surface area contributed by atoms with Gasteiger partial charge in [-0.05, 0) is 18.2 Å². The average molecular weight is 342 g/mol. The number of carbonyl (C=O) groups is 2. The predicted molar refractivity (Wildman–Crippen MR) is 86.2 cm³/mol. The van der Waals surface area contributed by atoms with Crippen molar-refractivity contribution < 1.29 is 9.59 Å². The molecule has 1 aliphatic heterocycles. The molecule has 0 atom stereocenters. The van der Waals surface area contributed by atoms with Crippen LogP contribution in [0.25, 0.3) is 0 Å². The van der Waals surface area contributed by atoms with Crippen molar-refractivity contribution in [2.24, 2.45) is 5.92 Å². The highest BCUT2D eigenvalue weighted by atomic mass is 35.5. The molecule has 2 amide bonds. The van der Waals surface area contributed by atoms with Gasteiger partial charge >= 0.3 is 0 Å². The second-order valence-electron chi connectivity index (χ2n) is 5.29. The molecule has 0 unspecified atom stereocenters. The van der Waals surface area contributed by atoms with Crippen LogP contribution < -0.4 is 5.32 Å². The number of nitriles is 1. The molecule has 2 heterocycles. The second-order valence-corrected chi connectivity index (χ2v) is 5.73. The van der Waals surface area contributed by atoms with E-state index in [0.29, 0.717) is 29.4 Å². The zero-order chi connectivity index (χ0) is 17.1. The SMILES string of the molecule is N#Cc1ccc(Cl)cc1NC(=O)C1CN(C(=O)c2cnccn2)C1. The molecule has 0 bridgehead atoms. The van der Waals surface area contributed by atoms with Crippen molar-refractivity contribution in [1.29, 1.82) is 5.26 Å². The van der Waals surface area contributed by atoms with Crippen molar-refractivity contribution >= 4 is 29.1 Å². The summed E-state index contributed by atoms with van der Waals surface area (Å²) in [6, 6.07) is 6.65. The maximum atomic E-state index is 12.2. The molecule has 0 aliphatic carbocycles. The van der Waals surface area contributed by atoms with Crippen LogP contribution in [-0.4, -0.2) is 39.8 Å². The van der Waals surface area contributed by atoms with E-state index < -0.39 is 0 Å². The number of nitrogens with zero attached hydrogens (tertiary/aromatic N) is 4. The molecule has 1 saturated heterocycles. The third-order valence-corrected chi connectivity index (χ3v) is 3.92. The number of carbonyl (C=O) groups excluding carboxylic acids is 2. The Labute approximate surface area is 142 Å². The smallest absolute Gasteiger partial charge is 0.274 e. The number of anilines is 1. The Morgan fingerprint density at radius 2 is 2.12 bits per heavy atom. The lowest BCUT2D eigenvalue weighted by molar-refractivity contribution is -0.123. The first-order valence-corrected chi connectivity index (χ1v) is 7.52. The first kappa shape index (κ1) is 15.9. The third kappa shape index (κ3) is 3.19. The lowest BCUT2D eigenvalue weighted by atomic mass is 9.98. The van der Waals surface area contributed by atoms with Crippen LogP contribution in [-0.2, 0) is 4.79 Å². The van der Waals surface area contributed by atoms with Gasteiger partial charge in [0.2, 0.25) is 5.91 Å². The van der Waals surface area contributed by atoms with Gasteiger partial charge in [-0.3, -0.25) is 14.6 Å². The molecular formula is C16H12ClN5O2. The number of rotatable bonds is 3. The van der Waals surface area contributed by atoms with E-state index in [2.05, 4.69) is 15.3 Å². The molecule has 1 aromatic carbocycles. The number of aromatic nitrogens is 2. The van der Waals surface area contributed by atoms with Crippen LogP contribution >= 0.6 is 11.6 Å². The van der Waals surface area contributed by atoms with Gasteiger partial charge in [0, 0.05) is 30.5 Å². The van der Waals surface area contributed by atoms with Crippen LogP contribution in [0.2, 0.25) is 5.02 Å². The van der Waals surface area contributed by atoms with E-state index in [1.165, 1.54) is 29.6 Å². The maximum absolute atomic E-state index is 12.2. The monoisotopic (exact) mass is 341 g/mol. The summed E-state index contributed by atoms with van der Waals surface area (Å²) in [5.41, 5.74) is 0.950. The van der Waals surface area contributed by atoms with Gasteiger partial charge in [-0.1, -0.05) is 11.6 Å². The van der Waals surface area contributed by atoms with Crippen LogP contribution in [0.1, 0.15) is 16.1 Å². The summed E-state index contributed by atoms with van der Waals surface area (Å²) in [5, 5.41) is 12.2. The number of halogens is 1. The minimum absolute atomic E-state index is 0.248. The van der Waals surface area contributed by atoms with Crippen molar-refractivity contribution in [2.75, 3.05) is 18.4 Å². The van der Waals surface area contributed by atoms with Crippen LogP contribution in [0.15, 0.2) is 36.8 Å². The summed E-state index contributed by atoms with van der Waals surface area (Å²) in [7, 11) is 0. The predicted octanol–water partition coefficient (Wildman–Crippen LogP) is 1.71. The number of hydrogen-bond acceptors (Lipinski definition) is 5. The fourth-order valence-electron chi connectivity index (χ4n) is 2.33. The van der Waals surface area contributed by atoms with Gasteiger partial charge in [-0.2, -0.15) is 5.26 Å². The molecule has 1 N–H and O–H groups in total. The molecule has 7 nitrogen and oxygen atoms in total. The first-order chi connectivity index (χ1) is 11.6. The molecule has 120 valence electrons. The zero-order valence-electron chi connectivity index (χ0n) is 12.4. The summed E-state index contributed by atoms with van der Waals surface area (Å²) in [5.74, 6) is -0.847. The Morgan fingerprint density at radius 1 is 1.33 bits per heavy atom. The van der Waals surface area contributed by atoms with E-state index in [1.54, 1.807) is 12.1 Å². The van der Waals surface area contributed by atoms with Gasteiger partial charge in [-0.15, -0.1) is 0 Å². The fourth-order valence-corrected chi connectivity index (χ4v) is 2.51. The molecule has 8 heteroatoms. The summed E-state index contributed by atoms with van der Waals surface area (Å²) in [6.07, 6.45) is 4.32. The van der Waals surface area contributed by atoms with Crippen molar-refractivity contribution in [2.45, 2.75) is 0 Å². The van der Waals surface area contributed by atoms with Gasteiger partial charge in [-0.25, -0.2) is 4.98 Å². The van der Waals surface area contributed by atoms with Crippen molar-refractivity contribution in [3.8, 4) is 6.07 Å². The van der Waals surface area contributed by atoms with Gasteiger partial charge in [0.15, 0.2) is 0 Å². The average Bonchev–Trinajstić information content (AvgIpc) is 2.54. The molecule has 1 aliphatic rings. The van der Waals surface area contributed by atoms with E-state index in [1.807, 2.05) is 6.07 Å². The highest BCUT2D eigenvalue weighted by molar-refractivity contribution is 6.31. The summed E-state index contributed by atoms with van der Waals surface area (Å²) >= 11 is 5.89. The molecule has 0 saturated carbocycles. The molecule has 0 radical (unpaired) electrons. The number of likely N-dealkylation sites (tertiary alicyclic amines) is 1. The lowest BCUT2D eigenvalue weighted by Gasteiger charge is -2.37. The fraction of sp³-hybridized carbons (Fsp3) is 0.188. The van der Waals surface area contributed by atoms with E-state index in [0.717, 1.165) is 0 Å². The van der Waals surface area contributed by atoms with Crippen LogP contribution in [0.3, 0.4) is 0 Å². The van der Waals surface area contributed by atoms with E-state index in [9.17, 15) is 9.59 Å². The van der Waals surface area contributed by atoms with Crippen molar-refractivity contribution in [3.63, 3.8) is 0 Å². The summed E-state index contributed by atoms with van der Waals surface area (Å²) in [4.78, 5) is 33.7. The summed E-state index contributed by atoms with van der Waals surface area (Å²) < 4.78 is 0. The minimum Gasteiger partial charge on any atom is -0.336 e. The number of benzene rings is 1. The van der Waals surface area contributed by atoms with E-state index >= 15 is 0 Å². The maximum Gasteiger partial charge on any atom is 0.274 e. The topological polar surface area (TPSA) is 99.0 Å². The number of amides is 2. The lowest BCUT2D eigenvalue weighted by Crippen LogP contribution is -2.54. The normalized spacial score (nSPS) is 13.8. The molecule has 1 aromatic heterocycles. The molecular weight excluding hydrogens is 330 g/mol. The van der Waals surface area contributed by atoms with Gasteiger partial charge < -0.3 is 10.2 Å². The Bertz CT molecular complexity index is 828. The largest absolute Gasteiger partial charge is 0.336 e. The van der Waals surface area contributed by atoms with Crippen molar-refractivity contribution in [3.05, 3.63) is 53.1 Å². The zero-order valence-corrected chi connectivity index (χ0v) is 13.2.